The van der Waals surface area contributed by atoms with Crippen LogP contribution in [0.5, 0.6) is 0 Å². The highest BCUT2D eigenvalue weighted by atomic mass is 16.5. The summed E-state index contributed by atoms with van der Waals surface area (Å²) in [5, 5.41) is 14.9. The van der Waals surface area contributed by atoms with Crippen LogP contribution in [0.4, 0.5) is 16.3 Å². The molecular formula is C23H30N6O4. The lowest BCUT2D eigenvalue weighted by molar-refractivity contribution is 0.0761. The molecule has 2 aromatic rings. The molecule has 1 atom stereocenters. The third-order valence-corrected chi connectivity index (χ3v) is 5.69. The Morgan fingerprint density at radius 3 is 2.67 bits per heavy atom. The minimum atomic E-state index is -0.287. The summed E-state index contributed by atoms with van der Waals surface area (Å²) in [4.78, 5) is 37.7. The number of morpholine rings is 1. The summed E-state index contributed by atoms with van der Waals surface area (Å²) in [7, 11) is 1.63. The summed E-state index contributed by atoms with van der Waals surface area (Å²) in [6, 6.07) is 9.08. The Kier molecular flexibility index (Phi) is 7.05. The lowest BCUT2D eigenvalue weighted by Gasteiger charge is -2.34. The smallest absolute Gasteiger partial charge is 0.319 e. The number of amides is 3. The number of aliphatic hydroxyl groups is 1. The highest BCUT2D eigenvalue weighted by Gasteiger charge is 2.25. The Morgan fingerprint density at radius 2 is 2.00 bits per heavy atom. The Bertz CT molecular complexity index is 995. The van der Waals surface area contributed by atoms with Gasteiger partial charge in [-0.05, 0) is 44.0 Å². The van der Waals surface area contributed by atoms with Crippen LogP contribution in [0, 0.1) is 0 Å². The quantitative estimate of drug-likeness (QED) is 0.583. The summed E-state index contributed by atoms with van der Waals surface area (Å²) in [6.07, 6.45) is 2.05. The zero-order valence-electron chi connectivity index (χ0n) is 19.0. The average molecular weight is 455 g/mol. The number of nitrogens with zero attached hydrogens (tertiary/aromatic N) is 4. The first kappa shape index (κ1) is 22.9. The molecule has 0 spiro atoms. The minimum absolute atomic E-state index is 0.108. The number of rotatable bonds is 7. The van der Waals surface area contributed by atoms with E-state index in [0.717, 1.165) is 18.4 Å². The fourth-order valence-electron chi connectivity index (χ4n) is 3.62. The average Bonchev–Trinajstić information content (AvgIpc) is 3.63. The van der Waals surface area contributed by atoms with E-state index in [2.05, 4.69) is 20.5 Å². The normalized spacial score (nSPS) is 18.0. The van der Waals surface area contributed by atoms with Crippen molar-refractivity contribution in [1.29, 1.82) is 0 Å². The third kappa shape index (κ3) is 5.77. The van der Waals surface area contributed by atoms with Crippen molar-refractivity contribution in [2.45, 2.75) is 31.8 Å². The van der Waals surface area contributed by atoms with Crippen molar-refractivity contribution in [1.82, 2.24) is 20.2 Å². The number of likely N-dealkylation sites (N-methyl/N-ethyl adjacent to an activating group) is 1. The highest BCUT2D eigenvalue weighted by molar-refractivity contribution is 5.93. The summed E-state index contributed by atoms with van der Waals surface area (Å²) in [5.74, 6) is 0.786. The first-order chi connectivity index (χ1) is 15.9. The summed E-state index contributed by atoms with van der Waals surface area (Å²) in [6.45, 7) is 3.96. The van der Waals surface area contributed by atoms with Gasteiger partial charge in [0.1, 0.15) is 11.5 Å². The van der Waals surface area contributed by atoms with Gasteiger partial charge in [-0.2, -0.15) is 0 Å². The number of carbonyl (C=O) groups is 2. The van der Waals surface area contributed by atoms with Crippen molar-refractivity contribution < 1.29 is 19.4 Å². The van der Waals surface area contributed by atoms with Gasteiger partial charge in [0.15, 0.2) is 5.82 Å². The minimum Gasteiger partial charge on any atom is -0.395 e. The summed E-state index contributed by atoms with van der Waals surface area (Å²) >= 11 is 0. The van der Waals surface area contributed by atoms with E-state index in [0.29, 0.717) is 37.1 Å². The van der Waals surface area contributed by atoms with Crippen molar-refractivity contribution in [2.24, 2.45) is 0 Å². The molecule has 1 aliphatic carbocycles. The molecule has 10 heteroatoms. The van der Waals surface area contributed by atoms with E-state index in [1.165, 1.54) is 4.90 Å². The molecule has 4 rings (SSSR count). The van der Waals surface area contributed by atoms with Gasteiger partial charge >= 0.3 is 6.03 Å². The third-order valence-electron chi connectivity index (χ3n) is 5.69. The molecule has 10 nitrogen and oxygen atoms in total. The van der Waals surface area contributed by atoms with Gasteiger partial charge in [0.05, 0.1) is 25.9 Å². The molecule has 1 aromatic carbocycles. The van der Waals surface area contributed by atoms with E-state index < -0.39 is 0 Å². The van der Waals surface area contributed by atoms with E-state index >= 15 is 0 Å². The van der Waals surface area contributed by atoms with Crippen LogP contribution in [0.25, 0.3) is 11.4 Å². The Labute approximate surface area is 193 Å². The van der Waals surface area contributed by atoms with E-state index in [1.807, 2.05) is 19.1 Å². The van der Waals surface area contributed by atoms with Crippen LogP contribution >= 0.6 is 0 Å². The van der Waals surface area contributed by atoms with E-state index in [1.54, 1.807) is 25.2 Å². The number of urea groups is 1. The lowest BCUT2D eigenvalue weighted by Crippen LogP contribution is -2.44. The maximum atomic E-state index is 12.9. The second kappa shape index (κ2) is 10.1. The van der Waals surface area contributed by atoms with Gasteiger partial charge in [-0.25, -0.2) is 14.8 Å². The number of carbonyl (C=O) groups excluding carboxylic acids is 2. The number of aromatic nitrogens is 2. The molecule has 1 saturated carbocycles. The number of anilines is 2. The molecule has 3 N–H and O–H groups in total. The molecule has 2 fully saturated rings. The second-order valence-corrected chi connectivity index (χ2v) is 8.45. The van der Waals surface area contributed by atoms with Crippen LogP contribution < -0.4 is 15.5 Å². The molecule has 2 aliphatic rings. The first-order valence-corrected chi connectivity index (χ1v) is 11.2. The molecule has 1 saturated heterocycles. The number of ether oxygens (including phenoxy) is 1. The van der Waals surface area contributed by atoms with Gasteiger partial charge in [-0.15, -0.1) is 0 Å². The highest BCUT2D eigenvalue weighted by Crippen LogP contribution is 2.25. The molecule has 2 heterocycles. The molecule has 176 valence electrons. The molecular weight excluding hydrogens is 424 g/mol. The van der Waals surface area contributed by atoms with Crippen LogP contribution in [0.15, 0.2) is 30.3 Å². The standard InChI is InChI=1S/C23H30N6O4/c1-15-14-33-12-10-29(15)20-13-19(22(31)28(2)9-11-30)26-21(27-20)16-3-5-17(6-4-16)24-23(32)25-18-7-8-18/h3-6,13,15,18,30H,7-12,14H2,1-2H3,(H2,24,25,32)/t15-/m0/s1. The number of hydrogen-bond acceptors (Lipinski definition) is 7. The fraction of sp³-hybridized carbons (Fsp3) is 0.478. The van der Waals surface area contributed by atoms with Gasteiger partial charge in [0, 0.05) is 43.5 Å². The van der Waals surface area contributed by atoms with E-state index in [9.17, 15) is 14.7 Å². The van der Waals surface area contributed by atoms with Gasteiger partial charge in [-0.3, -0.25) is 4.79 Å². The number of hydrogen-bond donors (Lipinski definition) is 3. The van der Waals surface area contributed by atoms with E-state index in [4.69, 9.17) is 9.72 Å². The van der Waals surface area contributed by atoms with Crippen LogP contribution in [0.2, 0.25) is 0 Å². The zero-order valence-corrected chi connectivity index (χ0v) is 19.0. The predicted octanol–water partition coefficient (Wildman–Crippen LogP) is 1.72. The molecule has 1 aliphatic heterocycles. The second-order valence-electron chi connectivity index (χ2n) is 8.45. The molecule has 0 radical (unpaired) electrons. The van der Waals surface area contributed by atoms with Gasteiger partial charge < -0.3 is 30.3 Å². The van der Waals surface area contributed by atoms with Gasteiger partial charge in [-0.1, -0.05) is 0 Å². The Balaban J connectivity index is 1.61. The molecule has 0 bridgehead atoms. The maximum absolute atomic E-state index is 12.9. The molecule has 33 heavy (non-hydrogen) atoms. The topological polar surface area (TPSA) is 120 Å². The summed E-state index contributed by atoms with van der Waals surface area (Å²) < 4.78 is 5.54. The Morgan fingerprint density at radius 1 is 1.24 bits per heavy atom. The summed E-state index contributed by atoms with van der Waals surface area (Å²) in [5.41, 5.74) is 1.65. The Hall–Kier alpha value is -3.24. The van der Waals surface area contributed by atoms with Crippen molar-refractivity contribution in [3.8, 4) is 11.4 Å². The van der Waals surface area contributed by atoms with Gasteiger partial charge in [0.2, 0.25) is 0 Å². The maximum Gasteiger partial charge on any atom is 0.319 e. The largest absolute Gasteiger partial charge is 0.395 e. The van der Waals surface area contributed by atoms with Gasteiger partial charge in [0.25, 0.3) is 5.91 Å². The van der Waals surface area contributed by atoms with Crippen LogP contribution in [-0.4, -0.2) is 84.0 Å². The van der Waals surface area contributed by atoms with Crippen LogP contribution in [0.1, 0.15) is 30.3 Å². The molecule has 3 amide bonds. The van der Waals surface area contributed by atoms with Crippen LogP contribution in [0.3, 0.4) is 0 Å². The first-order valence-electron chi connectivity index (χ1n) is 11.2. The lowest BCUT2D eigenvalue weighted by atomic mass is 10.1. The zero-order chi connectivity index (χ0) is 23.4. The fourth-order valence-corrected chi connectivity index (χ4v) is 3.62. The molecule has 1 aromatic heterocycles. The molecule has 0 unspecified atom stereocenters. The predicted molar refractivity (Wildman–Crippen MR) is 124 cm³/mol. The van der Waals surface area contributed by atoms with Crippen molar-refractivity contribution in [3.63, 3.8) is 0 Å². The monoisotopic (exact) mass is 454 g/mol. The number of benzene rings is 1. The van der Waals surface area contributed by atoms with Crippen molar-refractivity contribution in [2.75, 3.05) is 50.2 Å². The SMILES string of the molecule is C[C@H]1COCCN1c1cc(C(=O)N(C)CCO)nc(-c2ccc(NC(=O)NC3CC3)cc2)n1. The number of aliphatic hydroxyl groups excluding tert-OH is 1. The number of nitrogens with one attached hydrogen (secondary N) is 2. The van der Waals surface area contributed by atoms with Crippen LogP contribution in [-0.2, 0) is 4.74 Å². The van der Waals surface area contributed by atoms with E-state index in [-0.39, 0.29) is 42.9 Å². The van der Waals surface area contributed by atoms with Crippen molar-refractivity contribution >= 4 is 23.4 Å². The van der Waals surface area contributed by atoms with Crippen molar-refractivity contribution in [3.05, 3.63) is 36.0 Å².